The summed E-state index contributed by atoms with van der Waals surface area (Å²) in [6.07, 6.45) is -0.171. The number of amides is 4. The quantitative estimate of drug-likeness (QED) is 0.310. The maximum Gasteiger partial charge on any atom is 0.321 e. The van der Waals surface area contributed by atoms with Crippen LogP contribution in [0.3, 0.4) is 0 Å². The Kier molecular flexibility index (Phi) is 7.55. The van der Waals surface area contributed by atoms with Crippen molar-refractivity contribution in [2.45, 2.75) is 75.9 Å². The first-order chi connectivity index (χ1) is 13.6. The van der Waals surface area contributed by atoms with Crippen molar-refractivity contribution in [3.05, 3.63) is 0 Å². The summed E-state index contributed by atoms with van der Waals surface area (Å²) in [6.45, 7) is 3.43. The van der Waals surface area contributed by atoms with E-state index in [4.69, 9.17) is 11.5 Å². The zero-order valence-corrected chi connectivity index (χ0v) is 16.8. The maximum atomic E-state index is 13.1. The Balaban J connectivity index is 2.11. The molecule has 11 heteroatoms. The Labute approximate surface area is 169 Å². The molecule has 2 rings (SSSR count). The van der Waals surface area contributed by atoms with Crippen LogP contribution in [-0.4, -0.2) is 93.1 Å². The van der Waals surface area contributed by atoms with Crippen LogP contribution in [0.4, 0.5) is 4.79 Å². The molecule has 0 aromatic heterocycles. The first kappa shape index (κ1) is 23.0. The summed E-state index contributed by atoms with van der Waals surface area (Å²) in [7, 11) is 0. The minimum absolute atomic E-state index is 0.326. The molecule has 7 N–H and O–H groups in total. The molecule has 2 heterocycles. The van der Waals surface area contributed by atoms with Gasteiger partial charge in [0.25, 0.3) is 0 Å². The maximum absolute atomic E-state index is 13.1. The lowest BCUT2D eigenvalue weighted by Gasteiger charge is -2.33. The van der Waals surface area contributed by atoms with E-state index < -0.39 is 60.0 Å². The number of likely N-dealkylation sites (tertiary alicyclic amines) is 2. The summed E-state index contributed by atoms with van der Waals surface area (Å²) in [5.41, 5.74) is 11.0. The molecule has 0 aromatic carbocycles. The van der Waals surface area contributed by atoms with Crippen LogP contribution < -0.4 is 16.8 Å². The van der Waals surface area contributed by atoms with Crippen LogP contribution >= 0.6 is 0 Å². The molecule has 2 saturated heterocycles. The predicted molar refractivity (Wildman–Crippen MR) is 102 cm³/mol. The van der Waals surface area contributed by atoms with Gasteiger partial charge in [-0.05, 0) is 39.5 Å². The number of nitrogens with one attached hydrogen (secondary N) is 1. The third-order valence-corrected chi connectivity index (χ3v) is 5.56. The molecule has 0 saturated carbocycles. The molecule has 0 radical (unpaired) electrons. The minimum Gasteiger partial charge on any atom is -0.391 e. The number of aliphatic hydroxyl groups is 2. The first-order valence-corrected chi connectivity index (χ1v) is 9.88. The second-order valence-corrected chi connectivity index (χ2v) is 7.78. The van der Waals surface area contributed by atoms with Crippen molar-refractivity contribution in [1.29, 1.82) is 0 Å². The highest BCUT2D eigenvalue weighted by Gasteiger charge is 2.43. The van der Waals surface area contributed by atoms with E-state index in [1.807, 2.05) is 0 Å². The standard InChI is InChI=1S/C18H31N5O6/c1-9(24)13(19)15(26)11-5-3-7-22(11)18(29)23-8-4-6-12(23)17(28)21-14(10(2)25)16(20)27/h9-14,24-25H,3-8,19H2,1-2H3,(H2,20,27)(H,21,28)/t9-,10-,11?,12+,13+,14+/m1/s1. The van der Waals surface area contributed by atoms with Crippen LogP contribution in [0.25, 0.3) is 0 Å². The summed E-state index contributed by atoms with van der Waals surface area (Å²) < 4.78 is 0. The Morgan fingerprint density at radius 1 is 0.966 bits per heavy atom. The van der Waals surface area contributed by atoms with Gasteiger partial charge in [0, 0.05) is 13.1 Å². The van der Waals surface area contributed by atoms with Gasteiger partial charge in [-0.3, -0.25) is 14.4 Å². The molecule has 164 valence electrons. The number of aliphatic hydroxyl groups excluding tert-OH is 2. The largest absolute Gasteiger partial charge is 0.391 e. The van der Waals surface area contributed by atoms with Gasteiger partial charge in [-0.15, -0.1) is 0 Å². The number of rotatable bonds is 7. The highest BCUT2D eigenvalue weighted by molar-refractivity contribution is 5.95. The van der Waals surface area contributed by atoms with E-state index in [0.29, 0.717) is 38.8 Å². The molecule has 1 unspecified atom stereocenters. The molecule has 6 atom stereocenters. The number of carbonyl (C=O) groups is 4. The van der Waals surface area contributed by atoms with E-state index in [1.165, 1.54) is 23.6 Å². The van der Waals surface area contributed by atoms with Gasteiger partial charge in [0.2, 0.25) is 11.8 Å². The molecule has 0 aromatic rings. The average molecular weight is 413 g/mol. The third kappa shape index (κ3) is 5.03. The number of hydrogen-bond donors (Lipinski definition) is 5. The van der Waals surface area contributed by atoms with Crippen LogP contribution in [0.15, 0.2) is 0 Å². The number of nitrogens with zero attached hydrogens (tertiary/aromatic N) is 2. The van der Waals surface area contributed by atoms with Gasteiger partial charge >= 0.3 is 6.03 Å². The van der Waals surface area contributed by atoms with Gasteiger partial charge in [-0.1, -0.05) is 0 Å². The van der Waals surface area contributed by atoms with E-state index >= 15 is 0 Å². The predicted octanol–water partition coefficient (Wildman–Crippen LogP) is -2.34. The Bertz CT molecular complexity index is 655. The van der Waals surface area contributed by atoms with Gasteiger partial charge in [-0.25, -0.2) is 4.79 Å². The van der Waals surface area contributed by atoms with Crippen molar-refractivity contribution in [1.82, 2.24) is 15.1 Å². The van der Waals surface area contributed by atoms with Crippen LogP contribution in [0.5, 0.6) is 0 Å². The molecule has 11 nitrogen and oxygen atoms in total. The monoisotopic (exact) mass is 413 g/mol. The highest BCUT2D eigenvalue weighted by atomic mass is 16.3. The average Bonchev–Trinajstić information content (AvgIpc) is 3.32. The van der Waals surface area contributed by atoms with E-state index in [9.17, 15) is 29.4 Å². The second kappa shape index (κ2) is 9.51. The van der Waals surface area contributed by atoms with Gasteiger partial charge < -0.3 is 36.8 Å². The van der Waals surface area contributed by atoms with E-state index in [0.717, 1.165) is 0 Å². The lowest BCUT2D eigenvalue weighted by molar-refractivity contribution is -0.132. The van der Waals surface area contributed by atoms with Crippen molar-refractivity contribution in [3.8, 4) is 0 Å². The molecule has 29 heavy (non-hydrogen) atoms. The number of ketones is 1. The zero-order valence-electron chi connectivity index (χ0n) is 16.8. The van der Waals surface area contributed by atoms with Crippen molar-refractivity contribution in [3.63, 3.8) is 0 Å². The Morgan fingerprint density at radius 2 is 1.48 bits per heavy atom. The smallest absolute Gasteiger partial charge is 0.321 e. The lowest BCUT2D eigenvalue weighted by Crippen LogP contribution is -2.58. The number of hydrogen-bond acceptors (Lipinski definition) is 7. The first-order valence-electron chi connectivity index (χ1n) is 9.88. The summed E-state index contributed by atoms with van der Waals surface area (Å²) >= 11 is 0. The molecule has 2 fully saturated rings. The van der Waals surface area contributed by atoms with Crippen LogP contribution in [-0.2, 0) is 14.4 Å². The fourth-order valence-corrected chi connectivity index (χ4v) is 3.86. The van der Waals surface area contributed by atoms with Crippen molar-refractivity contribution in [2.24, 2.45) is 11.5 Å². The fraction of sp³-hybridized carbons (Fsp3) is 0.778. The van der Waals surface area contributed by atoms with E-state index in [1.54, 1.807) is 0 Å². The molecule has 2 aliphatic heterocycles. The number of carbonyl (C=O) groups excluding carboxylic acids is 4. The third-order valence-electron chi connectivity index (χ3n) is 5.56. The van der Waals surface area contributed by atoms with E-state index in [2.05, 4.69) is 5.32 Å². The Morgan fingerprint density at radius 3 is 1.97 bits per heavy atom. The normalized spacial score (nSPS) is 26.0. The summed E-state index contributed by atoms with van der Waals surface area (Å²) in [5.74, 6) is -1.86. The van der Waals surface area contributed by atoms with Gasteiger partial charge in [0.05, 0.1) is 24.3 Å². The molecule has 0 aliphatic carbocycles. The Hall–Kier alpha value is -2.24. The summed E-state index contributed by atoms with van der Waals surface area (Å²) in [6, 6.07) is -4.38. The number of primary amides is 1. The molecule has 0 bridgehead atoms. The van der Waals surface area contributed by atoms with E-state index in [-0.39, 0.29) is 0 Å². The second-order valence-electron chi connectivity index (χ2n) is 7.78. The molecule has 2 aliphatic rings. The number of nitrogens with two attached hydrogens (primary N) is 2. The fourth-order valence-electron chi connectivity index (χ4n) is 3.86. The molecular formula is C18H31N5O6. The van der Waals surface area contributed by atoms with Crippen molar-refractivity contribution in [2.75, 3.05) is 13.1 Å². The SMILES string of the molecule is C[C@@H](O)[C@H](N)C(=O)C1CCCN1C(=O)N1CCC[C@H]1C(=O)N[C@H](C(N)=O)[C@@H](C)O. The van der Waals surface area contributed by atoms with Crippen LogP contribution in [0, 0.1) is 0 Å². The van der Waals surface area contributed by atoms with Gasteiger partial charge in [0.15, 0.2) is 5.78 Å². The zero-order chi connectivity index (χ0) is 21.9. The van der Waals surface area contributed by atoms with Crippen LogP contribution in [0.2, 0.25) is 0 Å². The topological polar surface area (TPSA) is 179 Å². The number of urea groups is 1. The summed E-state index contributed by atoms with van der Waals surface area (Å²) in [5, 5.41) is 21.7. The van der Waals surface area contributed by atoms with Gasteiger partial charge in [0.1, 0.15) is 12.1 Å². The van der Waals surface area contributed by atoms with Crippen molar-refractivity contribution < 1.29 is 29.4 Å². The lowest BCUT2D eigenvalue weighted by atomic mass is 10.00. The van der Waals surface area contributed by atoms with Crippen LogP contribution in [0.1, 0.15) is 39.5 Å². The van der Waals surface area contributed by atoms with Crippen molar-refractivity contribution >= 4 is 23.6 Å². The highest BCUT2D eigenvalue weighted by Crippen LogP contribution is 2.26. The van der Waals surface area contributed by atoms with Gasteiger partial charge in [-0.2, -0.15) is 0 Å². The summed E-state index contributed by atoms with van der Waals surface area (Å²) in [4.78, 5) is 52.5. The number of Topliss-reactive ketones (excluding diaryl/α,β-unsaturated/α-hetero) is 1. The molecular weight excluding hydrogens is 382 g/mol. The molecule has 4 amide bonds. The minimum atomic E-state index is -1.26. The molecule has 0 spiro atoms.